The molecule has 3 N–H and O–H groups in total. The number of hydrogen-bond donors (Lipinski definition) is 2. The smallest absolute Gasteiger partial charge is 0.135 e. The van der Waals surface area contributed by atoms with Crippen molar-refractivity contribution in [2.75, 3.05) is 5.32 Å². The molecule has 2 nitrogen and oxygen atoms in total. The second kappa shape index (κ2) is 5.45. The molecule has 1 aliphatic rings. The highest BCUT2D eigenvalue weighted by Crippen LogP contribution is 2.36. The van der Waals surface area contributed by atoms with E-state index in [2.05, 4.69) is 19.2 Å². The first-order valence-electron chi connectivity index (χ1n) is 6.74. The largest absolute Gasteiger partial charge is 0.389 e. The van der Waals surface area contributed by atoms with Gasteiger partial charge in [-0.2, -0.15) is 0 Å². The van der Waals surface area contributed by atoms with Gasteiger partial charge in [0, 0.05) is 11.7 Å². The minimum absolute atomic E-state index is 0.108. The summed E-state index contributed by atoms with van der Waals surface area (Å²) in [6.07, 6.45) is 4.56. The second-order valence-corrected chi connectivity index (χ2v) is 6.55. The van der Waals surface area contributed by atoms with E-state index >= 15 is 0 Å². The molecule has 1 fully saturated rings. The summed E-state index contributed by atoms with van der Waals surface area (Å²) < 4.78 is 13.8. The van der Waals surface area contributed by atoms with Gasteiger partial charge in [0.05, 0.1) is 5.56 Å². The molecule has 4 heteroatoms. The Kier molecular flexibility index (Phi) is 4.09. The van der Waals surface area contributed by atoms with E-state index in [-0.39, 0.29) is 10.8 Å². The molecule has 0 unspecified atom stereocenters. The van der Waals surface area contributed by atoms with Crippen LogP contribution < -0.4 is 11.1 Å². The van der Waals surface area contributed by atoms with Gasteiger partial charge in [-0.15, -0.1) is 0 Å². The summed E-state index contributed by atoms with van der Waals surface area (Å²) in [6, 6.07) is 5.30. The topological polar surface area (TPSA) is 38.0 Å². The third-order valence-electron chi connectivity index (χ3n) is 3.96. The van der Waals surface area contributed by atoms with Gasteiger partial charge in [-0.25, -0.2) is 4.39 Å². The zero-order chi connectivity index (χ0) is 14.0. The van der Waals surface area contributed by atoms with E-state index in [9.17, 15) is 4.39 Å². The molecule has 2 rings (SSSR count). The van der Waals surface area contributed by atoms with Crippen molar-refractivity contribution in [3.05, 3.63) is 29.6 Å². The van der Waals surface area contributed by atoms with Crippen LogP contribution in [0, 0.1) is 11.2 Å². The molecule has 0 heterocycles. The number of rotatable bonds is 3. The Balaban J connectivity index is 2.12. The van der Waals surface area contributed by atoms with Gasteiger partial charge >= 0.3 is 0 Å². The summed E-state index contributed by atoms with van der Waals surface area (Å²) in [4.78, 5) is 0.108. The molecule has 1 saturated carbocycles. The van der Waals surface area contributed by atoms with Gasteiger partial charge in [0.1, 0.15) is 10.8 Å². The van der Waals surface area contributed by atoms with Gasteiger partial charge in [0.25, 0.3) is 0 Å². The lowest BCUT2D eigenvalue weighted by Crippen LogP contribution is -2.30. The summed E-state index contributed by atoms with van der Waals surface area (Å²) in [5, 5.41) is 3.40. The van der Waals surface area contributed by atoms with Gasteiger partial charge in [-0.1, -0.05) is 32.1 Å². The van der Waals surface area contributed by atoms with E-state index in [1.54, 1.807) is 6.07 Å². The summed E-state index contributed by atoms with van der Waals surface area (Å²) >= 11 is 4.94. The molecule has 0 bridgehead atoms. The van der Waals surface area contributed by atoms with Gasteiger partial charge in [-0.05, 0) is 43.2 Å². The van der Waals surface area contributed by atoms with Gasteiger partial charge in [0.15, 0.2) is 0 Å². The predicted molar refractivity (Wildman–Crippen MR) is 81.9 cm³/mol. The van der Waals surface area contributed by atoms with E-state index in [1.165, 1.54) is 18.9 Å². The van der Waals surface area contributed by atoms with Crippen LogP contribution in [0.15, 0.2) is 18.2 Å². The van der Waals surface area contributed by atoms with E-state index in [4.69, 9.17) is 18.0 Å². The third-order valence-corrected chi connectivity index (χ3v) is 4.16. The van der Waals surface area contributed by atoms with Gasteiger partial charge in [-0.3, -0.25) is 0 Å². The molecular weight excluding hydrogens is 259 g/mol. The van der Waals surface area contributed by atoms with Crippen LogP contribution in [0.3, 0.4) is 0 Å². The Labute approximate surface area is 119 Å². The highest BCUT2D eigenvalue weighted by Gasteiger charge is 2.27. The Hall–Kier alpha value is -1.16. The first-order chi connectivity index (χ1) is 8.89. The number of halogens is 1. The Morgan fingerprint density at radius 3 is 2.58 bits per heavy atom. The number of thiocarbonyl (C=S) groups is 1. The summed E-state index contributed by atoms with van der Waals surface area (Å²) in [5.41, 5.74) is 7.09. The second-order valence-electron chi connectivity index (χ2n) is 6.11. The lowest BCUT2D eigenvalue weighted by Gasteiger charge is -2.35. The van der Waals surface area contributed by atoms with Crippen LogP contribution in [-0.4, -0.2) is 11.0 Å². The molecule has 1 aromatic carbocycles. The van der Waals surface area contributed by atoms with Crippen molar-refractivity contribution in [1.82, 2.24) is 0 Å². The van der Waals surface area contributed by atoms with Crippen molar-refractivity contribution in [3.63, 3.8) is 0 Å². The highest BCUT2D eigenvalue weighted by atomic mass is 32.1. The first-order valence-corrected chi connectivity index (χ1v) is 7.15. The monoisotopic (exact) mass is 280 g/mol. The van der Waals surface area contributed by atoms with Crippen LogP contribution in [0.2, 0.25) is 0 Å². The van der Waals surface area contributed by atoms with Crippen molar-refractivity contribution in [2.24, 2.45) is 11.1 Å². The zero-order valence-corrected chi connectivity index (χ0v) is 12.3. The van der Waals surface area contributed by atoms with Crippen LogP contribution >= 0.6 is 12.2 Å². The third kappa shape index (κ3) is 3.44. The minimum atomic E-state index is -0.353. The number of hydrogen-bond acceptors (Lipinski definition) is 2. The quantitative estimate of drug-likeness (QED) is 0.826. The molecule has 0 aliphatic heterocycles. The Morgan fingerprint density at radius 2 is 2.00 bits per heavy atom. The summed E-state index contributed by atoms with van der Waals surface area (Å²) in [7, 11) is 0. The van der Waals surface area contributed by atoms with Crippen LogP contribution in [0.1, 0.15) is 45.1 Å². The SMILES string of the molecule is CC1(C)CCC(Nc2cccc(F)c2C(N)=S)CC1. The van der Waals surface area contributed by atoms with Crippen LogP contribution in [-0.2, 0) is 0 Å². The first kappa shape index (κ1) is 14.3. The van der Waals surface area contributed by atoms with Crippen molar-refractivity contribution in [1.29, 1.82) is 0 Å². The number of nitrogens with one attached hydrogen (secondary N) is 1. The molecule has 0 aromatic heterocycles. The fourth-order valence-corrected chi connectivity index (χ4v) is 2.87. The molecule has 104 valence electrons. The van der Waals surface area contributed by atoms with Crippen LogP contribution in [0.5, 0.6) is 0 Å². The summed E-state index contributed by atoms with van der Waals surface area (Å²) in [6.45, 7) is 4.59. The standard InChI is InChI=1S/C15H21FN2S/c1-15(2)8-6-10(7-9-15)18-12-5-3-4-11(16)13(12)14(17)19/h3-5,10,18H,6-9H2,1-2H3,(H2,17,19). The van der Waals surface area contributed by atoms with Gasteiger partial charge < -0.3 is 11.1 Å². The molecular formula is C15H21FN2S. The molecule has 19 heavy (non-hydrogen) atoms. The maximum absolute atomic E-state index is 13.8. The number of nitrogens with two attached hydrogens (primary N) is 1. The average molecular weight is 280 g/mol. The number of anilines is 1. The van der Waals surface area contributed by atoms with Crippen molar-refractivity contribution < 1.29 is 4.39 Å². The molecule has 0 amide bonds. The average Bonchev–Trinajstić information content (AvgIpc) is 2.31. The maximum atomic E-state index is 13.8. The van der Waals surface area contributed by atoms with E-state index in [0.29, 0.717) is 17.0 Å². The summed E-state index contributed by atoms with van der Waals surface area (Å²) in [5.74, 6) is -0.353. The van der Waals surface area contributed by atoms with E-state index < -0.39 is 0 Å². The minimum Gasteiger partial charge on any atom is -0.389 e. The van der Waals surface area contributed by atoms with Crippen molar-refractivity contribution in [2.45, 2.75) is 45.6 Å². The zero-order valence-electron chi connectivity index (χ0n) is 11.5. The Morgan fingerprint density at radius 1 is 1.37 bits per heavy atom. The normalized spacial score (nSPS) is 19.1. The van der Waals surface area contributed by atoms with E-state index in [1.807, 2.05) is 6.07 Å². The van der Waals surface area contributed by atoms with Crippen LogP contribution in [0.4, 0.5) is 10.1 Å². The predicted octanol–water partition coefficient (Wildman–Crippen LogP) is 3.84. The fraction of sp³-hybridized carbons (Fsp3) is 0.533. The molecule has 1 aliphatic carbocycles. The molecule has 0 radical (unpaired) electrons. The molecule has 0 atom stereocenters. The van der Waals surface area contributed by atoms with Crippen LogP contribution in [0.25, 0.3) is 0 Å². The lowest BCUT2D eigenvalue weighted by atomic mass is 9.75. The van der Waals surface area contributed by atoms with Crippen molar-refractivity contribution >= 4 is 22.9 Å². The number of benzene rings is 1. The highest BCUT2D eigenvalue weighted by molar-refractivity contribution is 7.80. The lowest BCUT2D eigenvalue weighted by molar-refractivity contribution is 0.232. The maximum Gasteiger partial charge on any atom is 0.135 e. The molecule has 0 saturated heterocycles. The Bertz CT molecular complexity index is 475. The van der Waals surface area contributed by atoms with E-state index in [0.717, 1.165) is 18.5 Å². The van der Waals surface area contributed by atoms with Gasteiger partial charge in [0.2, 0.25) is 0 Å². The fourth-order valence-electron chi connectivity index (χ4n) is 2.66. The molecule has 1 aromatic rings. The van der Waals surface area contributed by atoms with Crippen molar-refractivity contribution in [3.8, 4) is 0 Å². The molecule has 0 spiro atoms.